The number of aliphatic carboxylic acids is 1. The van der Waals surface area contributed by atoms with Crippen molar-refractivity contribution in [3.63, 3.8) is 0 Å². The SMILES string of the molecule is CC#CCOc1ccc(C[C@H](NC(=O)[C@@H](C=CCCCCCC[S+]([O-])CCCCCCC)[C@@](O)(CCC)C(=O)O)C(=O)OC)cc1. The van der Waals surface area contributed by atoms with Crippen LogP contribution in [0, 0.1) is 17.8 Å². The van der Waals surface area contributed by atoms with Gasteiger partial charge in [-0.2, -0.15) is 0 Å². The molecule has 3 N–H and O–H groups in total. The van der Waals surface area contributed by atoms with E-state index in [1.165, 1.54) is 32.4 Å². The van der Waals surface area contributed by atoms with E-state index in [1.54, 1.807) is 44.2 Å². The maximum atomic E-state index is 13.5. The molecule has 0 bridgehead atoms. The molecule has 0 fully saturated rings. The molecule has 1 aromatic rings. The first-order chi connectivity index (χ1) is 22.1. The average molecular weight is 662 g/mol. The third-order valence-corrected chi connectivity index (χ3v) is 9.24. The Morgan fingerprint density at radius 1 is 1.00 bits per heavy atom. The number of carbonyl (C=O) groups excluding carboxylic acids is 2. The Bertz CT molecular complexity index is 1110. The largest absolute Gasteiger partial charge is 0.616 e. The van der Waals surface area contributed by atoms with Gasteiger partial charge in [-0.05, 0) is 69.6 Å². The lowest BCUT2D eigenvalue weighted by Gasteiger charge is -2.30. The Morgan fingerprint density at radius 2 is 1.63 bits per heavy atom. The fourth-order valence-corrected chi connectivity index (χ4v) is 6.32. The van der Waals surface area contributed by atoms with Crippen molar-refractivity contribution in [2.75, 3.05) is 25.2 Å². The summed E-state index contributed by atoms with van der Waals surface area (Å²) in [6.45, 7) is 5.88. The molecule has 258 valence electrons. The standard InChI is InChI=1S/C36H55NO8S/c1-5-8-10-14-17-26-46(43)27-18-15-12-11-13-16-19-31(36(42,24-7-3)35(40)41)33(38)37-32(34(39)44-4)28-29-20-22-30(23-21-29)45-25-9-6-2/h16,19-23,31-32,42H,5,7-8,10-15,17-18,24-28H2,1-4H3,(H,37,38)(H,40,41)/t31-,32+,36+,46?/m1/s1. The fraction of sp³-hybridized carbons (Fsp3) is 0.639. The minimum Gasteiger partial charge on any atom is -0.616 e. The number of esters is 1. The van der Waals surface area contributed by atoms with Gasteiger partial charge in [0.15, 0.2) is 5.60 Å². The zero-order chi connectivity index (χ0) is 34.2. The Hall–Kier alpha value is -3.00. The van der Waals surface area contributed by atoms with Crippen LogP contribution in [0.25, 0.3) is 0 Å². The molecule has 9 nitrogen and oxygen atoms in total. The molecule has 46 heavy (non-hydrogen) atoms. The summed E-state index contributed by atoms with van der Waals surface area (Å²) in [6.07, 6.45) is 13.4. The van der Waals surface area contributed by atoms with Crippen LogP contribution in [-0.4, -0.2) is 69.5 Å². The summed E-state index contributed by atoms with van der Waals surface area (Å²) in [5.41, 5.74) is -1.63. The molecule has 1 rings (SSSR count). The lowest BCUT2D eigenvalue weighted by Crippen LogP contribution is -2.54. The van der Waals surface area contributed by atoms with E-state index in [0.29, 0.717) is 24.3 Å². The van der Waals surface area contributed by atoms with Gasteiger partial charge in [0.25, 0.3) is 0 Å². The molecule has 1 unspecified atom stereocenters. The van der Waals surface area contributed by atoms with Crippen molar-refractivity contribution in [2.45, 2.75) is 116 Å². The Labute approximate surface area is 279 Å². The molecule has 0 aliphatic carbocycles. The van der Waals surface area contributed by atoms with Crippen LogP contribution < -0.4 is 10.1 Å². The lowest BCUT2D eigenvalue weighted by atomic mass is 9.82. The minimum atomic E-state index is -2.35. The first-order valence-corrected chi connectivity index (χ1v) is 18.1. The Balaban J connectivity index is 2.82. The number of carboxylic acid groups (broad SMARTS) is 1. The van der Waals surface area contributed by atoms with E-state index < -0.39 is 46.6 Å². The van der Waals surface area contributed by atoms with Gasteiger partial charge in [0.1, 0.15) is 29.9 Å². The van der Waals surface area contributed by atoms with Crippen molar-refractivity contribution in [1.82, 2.24) is 5.32 Å². The fourth-order valence-electron chi connectivity index (χ4n) is 5.07. The molecule has 0 saturated carbocycles. The molecule has 0 spiro atoms. The summed E-state index contributed by atoms with van der Waals surface area (Å²) in [4.78, 5) is 38.4. The second-order valence-electron chi connectivity index (χ2n) is 11.5. The van der Waals surface area contributed by atoms with Gasteiger partial charge in [-0.15, -0.1) is 5.92 Å². The molecule has 0 radical (unpaired) electrons. The van der Waals surface area contributed by atoms with Crippen molar-refractivity contribution in [3.8, 4) is 17.6 Å². The summed E-state index contributed by atoms with van der Waals surface area (Å²) >= 11 is -0.773. The number of allylic oxidation sites excluding steroid dienone is 1. The highest BCUT2D eigenvalue weighted by Gasteiger charge is 2.46. The minimum absolute atomic E-state index is 0.0901. The number of aliphatic hydroxyl groups is 1. The molecule has 0 heterocycles. The predicted octanol–water partition coefficient (Wildman–Crippen LogP) is 5.75. The van der Waals surface area contributed by atoms with Crippen LogP contribution >= 0.6 is 0 Å². The van der Waals surface area contributed by atoms with Gasteiger partial charge >= 0.3 is 11.9 Å². The number of benzene rings is 1. The second-order valence-corrected chi connectivity index (χ2v) is 13.2. The van der Waals surface area contributed by atoms with E-state index in [9.17, 15) is 29.1 Å². The number of nitrogens with one attached hydrogen (secondary N) is 1. The second kappa shape index (κ2) is 24.2. The average Bonchev–Trinajstić information content (AvgIpc) is 3.04. The molecule has 1 amide bonds. The Morgan fingerprint density at radius 3 is 2.20 bits per heavy atom. The maximum absolute atomic E-state index is 13.5. The van der Waals surface area contributed by atoms with Crippen molar-refractivity contribution in [2.24, 2.45) is 5.92 Å². The number of hydrogen-bond donors (Lipinski definition) is 3. The summed E-state index contributed by atoms with van der Waals surface area (Å²) in [5, 5.41) is 23.8. The molecule has 0 aliphatic heterocycles. The number of carbonyl (C=O) groups is 3. The van der Waals surface area contributed by atoms with Crippen LogP contribution in [-0.2, 0) is 36.7 Å². The van der Waals surface area contributed by atoms with Gasteiger partial charge < -0.3 is 29.6 Å². The zero-order valence-electron chi connectivity index (χ0n) is 28.2. The molecular weight excluding hydrogens is 606 g/mol. The lowest BCUT2D eigenvalue weighted by molar-refractivity contribution is -0.167. The summed E-state index contributed by atoms with van der Waals surface area (Å²) in [7, 11) is 1.21. The van der Waals surface area contributed by atoms with E-state index in [4.69, 9.17) is 9.47 Å². The van der Waals surface area contributed by atoms with E-state index in [-0.39, 0.29) is 19.4 Å². The van der Waals surface area contributed by atoms with E-state index in [1.807, 2.05) is 0 Å². The number of unbranched alkanes of at least 4 members (excludes halogenated alkanes) is 8. The number of carboxylic acids is 1. The normalized spacial score (nSPS) is 14.4. The van der Waals surface area contributed by atoms with Crippen LogP contribution in [0.2, 0.25) is 0 Å². The van der Waals surface area contributed by atoms with Crippen molar-refractivity contribution < 1.29 is 38.6 Å². The summed E-state index contributed by atoms with van der Waals surface area (Å²) < 4.78 is 22.6. The van der Waals surface area contributed by atoms with E-state index in [2.05, 4.69) is 24.1 Å². The molecular formula is C36H55NO8S. The predicted molar refractivity (Wildman–Crippen MR) is 183 cm³/mol. The quantitative estimate of drug-likeness (QED) is 0.0395. The van der Waals surface area contributed by atoms with Crippen molar-refractivity contribution in [1.29, 1.82) is 0 Å². The van der Waals surface area contributed by atoms with Gasteiger partial charge in [0.05, 0.1) is 13.0 Å². The van der Waals surface area contributed by atoms with Gasteiger partial charge in [0.2, 0.25) is 5.91 Å². The first-order valence-electron chi connectivity index (χ1n) is 16.6. The third kappa shape index (κ3) is 16.0. The summed E-state index contributed by atoms with van der Waals surface area (Å²) in [6, 6.07) is 5.87. The van der Waals surface area contributed by atoms with Crippen LogP contribution in [0.4, 0.5) is 0 Å². The van der Waals surface area contributed by atoms with Gasteiger partial charge in [-0.1, -0.05) is 87.3 Å². The molecule has 4 atom stereocenters. The number of amides is 1. The van der Waals surface area contributed by atoms with Crippen molar-refractivity contribution in [3.05, 3.63) is 42.0 Å². The number of rotatable bonds is 25. The number of methoxy groups -OCH3 is 1. The monoisotopic (exact) mass is 661 g/mol. The smallest absolute Gasteiger partial charge is 0.336 e. The molecule has 0 aromatic heterocycles. The van der Waals surface area contributed by atoms with Gasteiger partial charge in [-0.3, -0.25) is 4.79 Å². The third-order valence-electron chi connectivity index (χ3n) is 7.75. The Kier molecular flexibility index (Phi) is 21.6. The molecule has 0 aliphatic rings. The van der Waals surface area contributed by atoms with Crippen LogP contribution in [0.3, 0.4) is 0 Å². The van der Waals surface area contributed by atoms with Crippen LogP contribution in [0.1, 0.15) is 103 Å². The highest BCUT2D eigenvalue weighted by atomic mass is 32.2. The van der Waals surface area contributed by atoms with Gasteiger partial charge in [0, 0.05) is 6.42 Å². The highest BCUT2D eigenvalue weighted by Crippen LogP contribution is 2.27. The summed E-state index contributed by atoms with van der Waals surface area (Å²) in [5.74, 6) is 3.25. The zero-order valence-corrected chi connectivity index (χ0v) is 29.0. The van der Waals surface area contributed by atoms with E-state index in [0.717, 1.165) is 49.8 Å². The van der Waals surface area contributed by atoms with Crippen LogP contribution in [0.15, 0.2) is 36.4 Å². The molecule has 10 heteroatoms. The number of ether oxygens (including phenoxy) is 2. The van der Waals surface area contributed by atoms with E-state index >= 15 is 0 Å². The molecule has 0 saturated heterocycles. The van der Waals surface area contributed by atoms with Crippen molar-refractivity contribution >= 4 is 29.0 Å². The number of hydrogen-bond acceptors (Lipinski definition) is 7. The topological polar surface area (TPSA) is 145 Å². The first kappa shape index (κ1) is 41.0. The molecule has 1 aromatic carbocycles. The highest BCUT2D eigenvalue weighted by molar-refractivity contribution is 7.91. The maximum Gasteiger partial charge on any atom is 0.336 e. The van der Waals surface area contributed by atoms with Gasteiger partial charge in [-0.25, -0.2) is 9.59 Å². The van der Waals surface area contributed by atoms with Crippen LogP contribution in [0.5, 0.6) is 5.75 Å².